The van der Waals surface area contributed by atoms with Crippen molar-refractivity contribution in [2.45, 2.75) is 70.8 Å². The number of hydrogen-bond donors (Lipinski definition) is 0. The van der Waals surface area contributed by atoms with Gasteiger partial charge in [0.05, 0.1) is 12.9 Å². The van der Waals surface area contributed by atoms with Crippen molar-refractivity contribution >= 4 is 5.97 Å². The monoisotopic (exact) mass is 354 g/mol. The van der Waals surface area contributed by atoms with Crippen molar-refractivity contribution in [3.8, 4) is 0 Å². The standard InChI is InChI=1S/C23H30O3/c1-21-10-6-16(25-3)14-15(21)4-5-17-18(21)7-11-22(2)19(17)8-12-23(22)13-9-20(24)26-23/h4,7,14,17,19H,5-6,8-13H2,1-3H3/t17?,19?,21?,22?,23-/m1/s1. The van der Waals surface area contributed by atoms with Gasteiger partial charge >= 0.3 is 5.97 Å². The summed E-state index contributed by atoms with van der Waals surface area (Å²) >= 11 is 0. The molecule has 0 radical (unpaired) electrons. The van der Waals surface area contributed by atoms with Gasteiger partial charge in [0.2, 0.25) is 0 Å². The number of ether oxygens (including phenoxy) is 2. The first-order valence-electron chi connectivity index (χ1n) is 10.3. The van der Waals surface area contributed by atoms with E-state index in [1.165, 1.54) is 12.0 Å². The highest BCUT2D eigenvalue weighted by atomic mass is 16.6. The largest absolute Gasteiger partial charge is 0.501 e. The van der Waals surface area contributed by atoms with Crippen LogP contribution >= 0.6 is 0 Å². The number of carbonyl (C=O) groups is 1. The minimum Gasteiger partial charge on any atom is -0.501 e. The molecule has 0 bridgehead atoms. The van der Waals surface area contributed by atoms with Crippen molar-refractivity contribution in [1.29, 1.82) is 0 Å². The van der Waals surface area contributed by atoms with Crippen LogP contribution in [-0.2, 0) is 14.3 Å². The summed E-state index contributed by atoms with van der Waals surface area (Å²) in [4.78, 5) is 11.9. The van der Waals surface area contributed by atoms with E-state index in [1.807, 2.05) is 0 Å². The number of esters is 1. The molecule has 5 atom stereocenters. The van der Waals surface area contributed by atoms with Crippen LogP contribution in [0.4, 0.5) is 0 Å². The minimum atomic E-state index is -0.197. The Hall–Kier alpha value is -1.51. The summed E-state index contributed by atoms with van der Waals surface area (Å²) in [7, 11) is 1.78. The molecule has 26 heavy (non-hydrogen) atoms. The lowest BCUT2D eigenvalue weighted by atomic mass is 9.52. The summed E-state index contributed by atoms with van der Waals surface area (Å²) in [6.45, 7) is 4.84. The van der Waals surface area contributed by atoms with E-state index in [0.717, 1.165) is 44.3 Å². The molecular weight excluding hydrogens is 324 g/mol. The molecule has 5 aliphatic rings. The maximum Gasteiger partial charge on any atom is 0.306 e. The van der Waals surface area contributed by atoms with E-state index in [4.69, 9.17) is 9.47 Å². The molecule has 0 aromatic carbocycles. The molecular formula is C23H30O3. The number of methoxy groups -OCH3 is 1. The van der Waals surface area contributed by atoms with Gasteiger partial charge in [-0.15, -0.1) is 0 Å². The number of hydrogen-bond acceptors (Lipinski definition) is 3. The van der Waals surface area contributed by atoms with E-state index in [-0.39, 0.29) is 22.4 Å². The third-order valence-electron chi connectivity index (χ3n) is 8.71. The van der Waals surface area contributed by atoms with Crippen LogP contribution in [0.3, 0.4) is 0 Å². The minimum absolute atomic E-state index is 0.0175. The molecule has 0 aromatic rings. The first-order chi connectivity index (χ1) is 12.4. The molecule has 4 aliphatic carbocycles. The molecule has 0 N–H and O–H groups in total. The highest BCUT2D eigenvalue weighted by Gasteiger charge is 2.65. The molecule has 1 spiro atoms. The quantitative estimate of drug-likeness (QED) is 0.486. The maximum absolute atomic E-state index is 11.9. The zero-order valence-electron chi connectivity index (χ0n) is 16.3. The molecule has 1 heterocycles. The lowest BCUT2D eigenvalue weighted by molar-refractivity contribution is -0.160. The van der Waals surface area contributed by atoms with Gasteiger partial charge in [-0.05, 0) is 62.0 Å². The van der Waals surface area contributed by atoms with Crippen molar-refractivity contribution in [1.82, 2.24) is 0 Å². The molecule has 5 rings (SSSR count). The second kappa shape index (κ2) is 5.27. The van der Waals surface area contributed by atoms with Crippen molar-refractivity contribution in [3.63, 3.8) is 0 Å². The van der Waals surface area contributed by atoms with Crippen LogP contribution in [0, 0.1) is 22.7 Å². The fourth-order valence-electron chi connectivity index (χ4n) is 7.06. The molecule has 2 fully saturated rings. The van der Waals surface area contributed by atoms with Crippen molar-refractivity contribution in [2.24, 2.45) is 22.7 Å². The molecule has 4 unspecified atom stereocenters. The molecule has 3 heteroatoms. The Balaban J connectivity index is 1.53. The van der Waals surface area contributed by atoms with Gasteiger partial charge in [0, 0.05) is 23.7 Å². The van der Waals surface area contributed by atoms with E-state index in [2.05, 4.69) is 32.1 Å². The Labute approximate surface area is 156 Å². The van der Waals surface area contributed by atoms with Gasteiger partial charge in [0.1, 0.15) is 5.60 Å². The molecule has 0 amide bonds. The predicted molar refractivity (Wildman–Crippen MR) is 100 cm³/mol. The Kier molecular flexibility index (Phi) is 3.37. The van der Waals surface area contributed by atoms with Crippen LogP contribution in [-0.4, -0.2) is 18.7 Å². The van der Waals surface area contributed by atoms with Gasteiger partial charge in [-0.1, -0.05) is 31.6 Å². The Morgan fingerprint density at radius 2 is 2.00 bits per heavy atom. The SMILES string of the molecule is COC1=CC2=CCC3C(=CCC4(C)C3CC[C@@]43CCC(=O)O3)C2(C)CC1. The van der Waals surface area contributed by atoms with E-state index < -0.39 is 0 Å². The average molecular weight is 354 g/mol. The van der Waals surface area contributed by atoms with Crippen molar-refractivity contribution < 1.29 is 14.3 Å². The van der Waals surface area contributed by atoms with Crippen LogP contribution in [0.2, 0.25) is 0 Å². The van der Waals surface area contributed by atoms with Crippen LogP contribution < -0.4 is 0 Å². The van der Waals surface area contributed by atoms with Crippen LogP contribution in [0.25, 0.3) is 0 Å². The van der Waals surface area contributed by atoms with Crippen LogP contribution in [0.15, 0.2) is 35.1 Å². The summed E-state index contributed by atoms with van der Waals surface area (Å²) in [5, 5.41) is 0. The molecule has 0 aromatic heterocycles. The normalized spacial score (nSPS) is 46.6. The average Bonchev–Trinajstić information content (AvgIpc) is 3.15. The zero-order valence-corrected chi connectivity index (χ0v) is 16.3. The highest BCUT2D eigenvalue weighted by Crippen LogP contribution is 2.67. The Morgan fingerprint density at radius 1 is 1.15 bits per heavy atom. The lowest BCUT2D eigenvalue weighted by Gasteiger charge is -2.53. The molecule has 140 valence electrons. The number of fused-ring (bicyclic) bond motifs is 6. The Bertz CT molecular complexity index is 759. The fourth-order valence-corrected chi connectivity index (χ4v) is 7.06. The van der Waals surface area contributed by atoms with Crippen LogP contribution in [0.5, 0.6) is 0 Å². The lowest BCUT2D eigenvalue weighted by Crippen LogP contribution is -2.50. The second-order valence-corrected chi connectivity index (χ2v) is 9.54. The maximum atomic E-state index is 11.9. The van der Waals surface area contributed by atoms with Gasteiger partial charge in [-0.25, -0.2) is 0 Å². The van der Waals surface area contributed by atoms with Gasteiger partial charge in [0.25, 0.3) is 0 Å². The van der Waals surface area contributed by atoms with Crippen molar-refractivity contribution in [2.75, 3.05) is 7.11 Å². The first kappa shape index (κ1) is 16.6. The first-order valence-corrected chi connectivity index (χ1v) is 10.3. The number of rotatable bonds is 1. The van der Waals surface area contributed by atoms with Gasteiger partial charge < -0.3 is 9.47 Å². The third-order valence-corrected chi connectivity index (χ3v) is 8.71. The predicted octanol–water partition coefficient (Wildman–Crippen LogP) is 5.09. The second-order valence-electron chi connectivity index (χ2n) is 9.54. The van der Waals surface area contributed by atoms with Crippen LogP contribution in [0.1, 0.15) is 65.2 Å². The Morgan fingerprint density at radius 3 is 2.73 bits per heavy atom. The topological polar surface area (TPSA) is 35.5 Å². The van der Waals surface area contributed by atoms with E-state index >= 15 is 0 Å². The summed E-state index contributed by atoms with van der Waals surface area (Å²) in [5.41, 5.74) is 3.18. The molecule has 1 saturated heterocycles. The summed E-state index contributed by atoms with van der Waals surface area (Å²) < 4.78 is 11.5. The molecule has 1 saturated carbocycles. The van der Waals surface area contributed by atoms with E-state index in [0.29, 0.717) is 18.3 Å². The molecule has 1 aliphatic heterocycles. The third kappa shape index (κ3) is 1.92. The number of carbonyl (C=O) groups excluding carboxylic acids is 1. The van der Waals surface area contributed by atoms with Gasteiger partial charge in [-0.2, -0.15) is 0 Å². The van der Waals surface area contributed by atoms with E-state index in [1.54, 1.807) is 12.7 Å². The summed E-state index contributed by atoms with van der Waals surface area (Å²) in [6.07, 6.45) is 15.4. The summed E-state index contributed by atoms with van der Waals surface area (Å²) in [6, 6.07) is 0. The van der Waals surface area contributed by atoms with E-state index in [9.17, 15) is 4.79 Å². The fraction of sp³-hybridized carbons (Fsp3) is 0.696. The van der Waals surface area contributed by atoms with Gasteiger partial charge in [-0.3, -0.25) is 4.79 Å². The molecule has 3 nitrogen and oxygen atoms in total. The summed E-state index contributed by atoms with van der Waals surface area (Å²) in [5.74, 6) is 2.38. The van der Waals surface area contributed by atoms with Gasteiger partial charge in [0.15, 0.2) is 0 Å². The highest BCUT2D eigenvalue weighted by molar-refractivity contribution is 5.72. The zero-order chi connectivity index (χ0) is 18.2. The smallest absolute Gasteiger partial charge is 0.306 e. The van der Waals surface area contributed by atoms with Crippen molar-refractivity contribution in [3.05, 3.63) is 35.1 Å². The number of allylic oxidation sites excluding steroid dienone is 6.